The molecule has 0 aliphatic rings. The highest BCUT2D eigenvalue weighted by atomic mass is 79.9. The van der Waals surface area contributed by atoms with Gasteiger partial charge in [-0.1, -0.05) is 44.8 Å². The summed E-state index contributed by atoms with van der Waals surface area (Å²) in [6.07, 6.45) is 0. The monoisotopic (exact) mass is 308 g/mol. The van der Waals surface area contributed by atoms with Crippen LogP contribution in [-0.2, 0) is 5.75 Å². The standard InChI is InChI=1S/C9H10Br2S/c1-2-12-6-7-3-4-8(10)5-9(7)11/h3-5H,2,6H2,1H3. The molecular weight excluding hydrogens is 300 g/mol. The summed E-state index contributed by atoms with van der Waals surface area (Å²) in [7, 11) is 0. The third-order valence-corrected chi connectivity index (χ3v) is 3.63. The van der Waals surface area contributed by atoms with Crippen LogP contribution in [0.4, 0.5) is 0 Å². The Kier molecular flexibility index (Phi) is 4.69. The second kappa shape index (κ2) is 5.30. The van der Waals surface area contributed by atoms with Gasteiger partial charge in [-0.25, -0.2) is 0 Å². The molecule has 0 aromatic heterocycles. The minimum absolute atomic E-state index is 1.09. The van der Waals surface area contributed by atoms with Crippen LogP contribution in [0, 0.1) is 0 Å². The maximum atomic E-state index is 3.53. The molecule has 0 radical (unpaired) electrons. The normalized spacial score (nSPS) is 10.2. The molecule has 0 saturated carbocycles. The Balaban J connectivity index is 2.72. The van der Waals surface area contributed by atoms with E-state index in [1.807, 2.05) is 11.8 Å². The number of hydrogen-bond donors (Lipinski definition) is 0. The van der Waals surface area contributed by atoms with Crippen molar-refractivity contribution >= 4 is 43.6 Å². The van der Waals surface area contributed by atoms with Gasteiger partial charge < -0.3 is 0 Å². The number of benzene rings is 1. The van der Waals surface area contributed by atoms with Crippen molar-refractivity contribution in [3.8, 4) is 0 Å². The van der Waals surface area contributed by atoms with Crippen molar-refractivity contribution in [1.82, 2.24) is 0 Å². The first kappa shape index (κ1) is 10.6. The first-order valence-electron chi connectivity index (χ1n) is 3.75. The van der Waals surface area contributed by atoms with Crippen LogP contribution in [0.3, 0.4) is 0 Å². The van der Waals surface area contributed by atoms with Crippen LogP contribution >= 0.6 is 43.6 Å². The lowest BCUT2D eigenvalue weighted by atomic mass is 10.2. The predicted molar refractivity (Wildman–Crippen MR) is 63.7 cm³/mol. The summed E-state index contributed by atoms with van der Waals surface area (Å²) in [5.74, 6) is 2.26. The predicted octanol–water partition coefficient (Wildman–Crippen LogP) is 4.46. The first-order valence-corrected chi connectivity index (χ1v) is 6.49. The van der Waals surface area contributed by atoms with E-state index >= 15 is 0 Å². The molecule has 0 spiro atoms. The third kappa shape index (κ3) is 3.11. The highest BCUT2D eigenvalue weighted by Crippen LogP contribution is 2.25. The Morgan fingerprint density at radius 3 is 2.67 bits per heavy atom. The number of hydrogen-bond acceptors (Lipinski definition) is 1. The smallest absolute Gasteiger partial charge is 0.0226 e. The fourth-order valence-electron chi connectivity index (χ4n) is 0.851. The van der Waals surface area contributed by atoms with Crippen molar-refractivity contribution in [1.29, 1.82) is 0 Å². The molecule has 0 unspecified atom stereocenters. The van der Waals surface area contributed by atoms with E-state index in [1.165, 1.54) is 15.8 Å². The maximum Gasteiger partial charge on any atom is 0.0226 e. The van der Waals surface area contributed by atoms with Gasteiger partial charge in [0.15, 0.2) is 0 Å². The quantitative estimate of drug-likeness (QED) is 0.794. The first-order chi connectivity index (χ1) is 5.74. The summed E-state index contributed by atoms with van der Waals surface area (Å²) in [5, 5.41) is 0. The number of thioether (sulfide) groups is 1. The van der Waals surface area contributed by atoms with Crippen molar-refractivity contribution in [3.63, 3.8) is 0 Å². The lowest BCUT2D eigenvalue weighted by molar-refractivity contribution is 1.36. The molecule has 0 atom stereocenters. The Morgan fingerprint density at radius 2 is 2.08 bits per heavy atom. The average Bonchev–Trinajstić information content (AvgIpc) is 2.03. The zero-order valence-corrected chi connectivity index (χ0v) is 10.8. The highest BCUT2D eigenvalue weighted by Gasteiger charge is 1.99. The lowest BCUT2D eigenvalue weighted by Gasteiger charge is -2.02. The summed E-state index contributed by atoms with van der Waals surface area (Å²) < 4.78 is 2.32. The van der Waals surface area contributed by atoms with Gasteiger partial charge >= 0.3 is 0 Å². The molecule has 66 valence electrons. The summed E-state index contributed by atoms with van der Waals surface area (Å²) in [6.45, 7) is 2.18. The van der Waals surface area contributed by atoms with Crippen molar-refractivity contribution in [2.75, 3.05) is 5.75 Å². The van der Waals surface area contributed by atoms with Crippen molar-refractivity contribution < 1.29 is 0 Å². The molecule has 0 aliphatic carbocycles. The van der Waals surface area contributed by atoms with E-state index in [9.17, 15) is 0 Å². The van der Waals surface area contributed by atoms with Crippen LogP contribution in [0.1, 0.15) is 12.5 Å². The van der Waals surface area contributed by atoms with Crippen LogP contribution in [0.25, 0.3) is 0 Å². The molecule has 0 nitrogen and oxygen atoms in total. The van der Waals surface area contributed by atoms with Gasteiger partial charge in [0.05, 0.1) is 0 Å². The molecule has 0 saturated heterocycles. The van der Waals surface area contributed by atoms with E-state index in [1.54, 1.807) is 0 Å². The van der Waals surface area contributed by atoms with Crippen LogP contribution in [-0.4, -0.2) is 5.75 Å². The SMILES string of the molecule is CCSCc1ccc(Br)cc1Br. The minimum atomic E-state index is 1.09. The number of rotatable bonds is 3. The second-order valence-electron chi connectivity index (χ2n) is 2.37. The molecule has 0 heterocycles. The summed E-state index contributed by atoms with van der Waals surface area (Å²) in [4.78, 5) is 0. The average molecular weight is 310 g/mol. The summed E-state index contributed by atoms with van der Waals surface area (Å²) in [6, 6.07) is 6.32. The topological polar surface area (TPSA) is 0 Å². The summed E-state index contributed by atoms with van der Waals surface area (Å²) in [5.41, 5.74) is 1.37. The fraction of sp³-hybridized carbons (Fsp3) is 0.333. The molecule has 3 heteroatoms. The van der Waals surface area contributed by atoms with Gasteiger partial charge in [-0.2, -0.15) is 11.8 Å². The van der Waals surface area contributed by atoms with Crippen LogP contribution < -0.4 is 0 Å². The van der Waals surface area contributed by atoms with Crippen LogP contribution in [0.15, 0.2) is 27.1 Å². The molecule has 0 aliphatic heterocycles. The molecule has 0 amide bonds. The van der Waals surface area contributed by atoms with E-state index in [2.05, 4.69) is 57.0 Å². The van der Waals surface area contributed by atoms with E-state index in [0.29, 0.717) is 0 Å². The van der Waals surface area contributed by atoms with E-state index in [0.717, 1.165) is 10.2 Å². The zero-order valence-electron chi connectivity index (χ0n) is 6.81. The molecule has 0 bridgehead atoms. The van der Waals surface area contributed by atoms with Crippen molar-refractivity contribution in [2.24, 2.45) is 0 Å². The summed E-state index contributed by atoms with van der Waals surface area (Å²) >= 11 is 8.90. The molecular formula is C9H10Br2S. The van der Waals surface area contributed by atoms with Gasteiger partial charge in [0.1, 0.15) is 0 Å². The van der Waals surface area contributed by atoms with Gasteiger partial charge in [-0.15, -0.1) is 0 Å². The Hall–Kier alpha value is 0.530. The van der Waals surface area contributed by atoms with Gasteiger partial charge in [-0.3, -0.25) is 0 Å². The van der Waals surface area contributed by atoms with Gasteiger partial charge in [0, 0.05) is 14.7 Å². The molecule has 0 N–H and O–H groups in total. The molecule has 1 aromatic rings. The lowest BCUT2D eigenvalue weighted by Crippen LogP contribution is -1.82. The highest BCUT2D eigenvalue weighted by molar-refractivity contribution is 9.11. The molecule has 12 heavy (non-hydrogen) atoms. The Labute approximate surface area is 94.4 Å². The minimum Gasteiger partial charge on any atom is -0.157 e. The van der Waals surface area contributed by atoms with E-state index < -0.39 is 0 Å². The Bertz CT molecular complexity index is 261. The van der Waals surface area contributed by atoms with Crippen LogP contribution in [0.5, 0.6) is 0 Å². The van der Waals surface area contributed by atoms with Gasteiger partial charge in [-0.05, 0) is 23.4 Å². The Morgan fingerprint density at radius 1 is 1.33 bits per heavy atom. The molecule has 0 fully saturated rings. The molecule has 1 rings (SSSR count). The third-order valence-electron chi connectivity index (χ3n) is 1.48. The van der Waals surface area contributed by atoms with E-state index in [-0.39, 0.29) is 0 Å². The zero-order chi connectivity index (χ0) is 8.97. The molecule has 1 aromatic carbocycles. The maximum absolute atomic E-state index is 3.53. The van der Waals surface area contributed by atoms with Gasteiger partial charge in [0.2, 0.25) is 0 Å². The van der Waals surface area contributed by atoms with Crippen LogP contribution in [0.2, 0.25) is 0 Å². The second-order valence-corrected chi connectivity index (χ2v) is 5.42. The van der Waals surface area contributed by atoms with Gasteiger partial charge in [0.25, 0.3) is 0 Å². The van der Waals surface area contributed by atoms with Crippen molar-refractivity contribution in [2.45, 2.75) is 12.7 Å². The van der Waals surface area contributed by atoms with E-state index in [4.69, 9.17) is 0 Å². The largest absolute Gasteiger partial charge is 0.157 e. The van der Waals surface area contributed by atoms with Crippen molar-refractivity contribution in [3.05, 3.63) is 32.7 Å². The fourth-order valence-corrected chi connectivity index (χ4v) is 2.90. The number of halogens is 2.